The molecule has 1 saturated heterocycles. The molecule has 0 bridgehead atoms. The number of carbonyl (C=O) groups excluding carboxylic acids is 1. The van der Waals surface area contributed by atoms with E-state index in [9.17, 15) is 15.0 Å². The van der Waals surface area contributed by atoms with Crippen molar-refractivity contribution in [1.82, 2.24) is 5.32 Å². The van der Waals surface area contributed by atoms with E-state index in [4.69, 9.17) is 9.47 Å². The molecule has 3 N–H and O–H groups in total. The van der Waals surface area contributed by atoms with E-state index >= 15 is 0 Å². The molecule has 0 aromatic heterocycles. The zero-order valence-corrected chi connectivity index (χ0v) is 12.1. The van der Waals surface area contributed by atoms with E-state index in [0.717, 1.165) is 24.1 Å². The zero-order valence-electron chi connectivity index (χ0n) is 12.1. The molecule has 0 spiro atoms. The Balaban J connectivity index is 1.83. The zero-order chi connectivity index (χ0) is 15.7. The van der Waals surface area contributed by atoms with Crippen molar-refractivity contribution < 1.29 is 24.5 Å². The molecule has 1 aromatic carbocycles. The fourth-order valence-corrected chi connectivity index (χ4v) is 2.64. The Bertz CT molecular complexity index is 604. The summed E-state index contributed by atoms with van der Waals surface area (Å²) in [5, 5.41) is 22.1. The number of benzene rings is 1. The van der Waals surface area contributed by atoms with Gasteiger partial charge < -0.3 is 25.0 Å². The van der Waals surface area contributed by atoms with E-state index in [1.165, 1.54) is 6.92 Å². The predicted octanol–water partition coefficient (Wildman–Crippen LogP) is 0.254. The molecule has 3 rings (SSSR count). The number of ether oxygens (including phenoxy) is 2. The highest BCUT2D eigenvalue weighted by Gasteiger charge is 2.45. The highest BCUT2D eigenvalue weighted by molar-refractivity contribution is 5.74. The number of para-hydroxylation sites is 1. The number of aliphatic imine (C=N–C) groups is 1. The van der Waals surface area contributed by atoms with E-state index in [-0.39, 0.29) is 5.91 Å². The molecule has 4 unspecified atom stereocenters. The minimum Gasteiger partial charge on any atom is -0.460 e. The van der Waals surface area contributed by atoms with Crippen LogP contribution in [0.2, 0.25) is 0 Å². The monoisotopic (exact) mass is 306 g/mol. The second-order valence-electron chi connectivity index (χ2n) is 5.34. The van der Waals surface area contributed by atoms with Crippen LogP contribution in [0.15, 0.2) is 23.2 Å². The van der Waals surface area contributed by atoms with Gasteiger partial charge in [-0.1, -0.05) is 12.1 Å². The molecule has 1 amide bonds. The fraction of sp³-hybridized carbons (Fsp3) is 0.467. The van der Waals surface area contributed by atoms with Gasteiger partial charge in [0, 0.05) is 13.1 Å². The van der Waals surface area contributed by atoms with Crippen molar-refractivity contribution in [3.05, 3.63) is 23.8 Å². The highest BCUT2D eigenvalue weighted by Crippen LogP contribution is 2.36. The van der Waals surface area contributed by atoms with Gasteiger partial charge >= 0.3 is 0 Å². The number of fused-ring (bicyclic) bond motifs is 1. The Hall–Kier alpha value is -1.96. The molecular formula is C15H18N2O5. The Labute approximate surface area is 127 Å². The average Bonchev–Trinajstić information content (AvgIpc) is 2.75. The number of nitrogens with zero attached hydrogens (tertiary/aromatic N) is 1. The van der Waals surface area contributed by atoms with Gasteiger partial charge in [-0.2, -0.15) is 0 Å². The van der Waals surface area contributed by atoms with Gasteiger partial charge in [-0.3, -0.25) is 9.79 Å². The number of aryl methyl sites for hydroxylation is 1. The first-order chi connectivity index (χ1) is 10.6. The fourth-order valence-electron chi connectivity index (χ4n) is 2.64. The minimum absolute atomic E-state index is 0.344. The van der Waals surface area contributed by atoms with E-state index in [1.54, 1.807) is 6.07 Å². The predicted molar refractivity (Wildman–Crippen MR) is 78.0 cm³/mol. The number of rotatable bonds is 3. The summed E-state index contributed by atoms with van der Waals surface area (Å²) in [6.07, 6.45) is -0.0800. The number of hydrogen-bond donors (Lipinski definition) is 3. The number of aliphatic hydroxyl groups excluding tert-OH is 2. The largest absolute Gasteiger partial charge is 0.460 e. The van der Waals surface area contributed by atoms with Crippen molar-refractivity contribution >= 4 is 17.8 Å². The first kappa shape index (κ1) is 15.0. The molecule has 7 nitrogen and oxygen atoms in total. The SMILES string of the molecule is CC(=O)NC1C(Oc2cccc3c2N=CCC3)OC(O)C1O. The lowest BCUT2D eigenvalue weighted by Gasteiger charge is -2.23. The maximum atomic E-state index is 11.2. The maximum Gasteiger partial charge on any atom is 0.225 e. The van der Waals surface area contributed by atoms with Gasteiger partial charge in [0.25, 0.3) is 0 Å². The summed E-state index contributed by atoms with van der Waals surface area (Å²) >= 11 is 0. The molecule has 1 fully saturated rings. The number of amides is 1. The van der Waals surface area contributed by atoms with E-state index in [0.29, 0.717) is 5.75 Å². The van der Waals surface area contributed by atoms with Gasteiger partial charge in [-0.15, -0.1) is 0 Å². The van der Waals surface area contributed by atoms with E-state index in [2.05, 4.69) is 10.3 Å². The van der Waals surface area contributed by atoms with Crippen molar-refractivity contribution in [3.63, 3.8) is 0 Å². The van der Waals surface area contributed by atoms with Crippen LogP contribution >= 0.6 is 0 Å². The molecule has 2 heterocycles. The summed E-state index contributed by atoms with van der Waals surface area (Å²) in [6.45, 7) is 1.32. The Morgan fingerprint density at radius 2 is 2.27 bits per heavy atom. The summed E-state index contributed by atoms with van der Waals surface area (Å²) in [5.74, 6) is 0.151. The van der Waals surface area contributed by atoms with Crippen molar-refractivity contribution in [2.24, 2.45) is 4.99 Å². The quantitative estimate of drug-likeness (QED) is 0.743. The number of carbonyl (C=O) groups is 1. The maximum absolute atomic E-state index is 11.2. The topological polar surface area (TPSA) is 100 Å². The molecule has 1 aromatic rings. The summed E-state index contributed by atoms with van der Waals surface area (Å²) in [5.41, 5.74) is 1.78. The van der Waals surface area contributed by atoms with Crippen molar-refractivity contribution in [2.75, 3.05) is 0 Å². The third kappa shape index (κ3) is 2.83. The van der Waals surface area contributed by atoms with Gasteiger partial charge in [0.1, 0.15) is 23.6 Å². The first-order valence-corrected chi connectivity index (χ1v) is 7.16. The second-order valence-corrected chi connectivity index (χ2v) is 5.34. The summed E-state index contributed by atoms with van der Waals surface area (Å²) < 4.78 is 11.0. The minimum atomic E-state index is -1.41. The van der Waals surface area contributed by atoms with Crippen LogP contribution in [-0.4, -0.2) is 47.1 Å². The lowest BCUT2D eigenvalue weighted by molar-refractivity contribution is -0.168. The standard InChI is InChI=1S/C15H18N2O5/c1-8(18)17-12-13(19)14(20)22-15(12)21-10-6-2-4-9-5-3-7-16-11(9)10/h2,4,6-7,12-15,19-20H,3,5H2,1H3,(H,17,18). The van der Waals surface area contributed by atoms with Gasteiger partial charge in [-0.25, -0.2) is 0 Å². The van der Waals surface area contributed by atoms with Crippen LogP contribution in [0.3, 0.4) is 0 Å². The van der Waals surface area contributed by atoms with Crippen LogP contribution in [0.4, 0.5) is 5.69 Å². The molecular weight excluding hydrogens is 288 g/mol. The molecule has 22 heavy (non-hydrogen) atoms. The van der Waals surface area contributed by atoms with E-state index < -0.39 is 24.7 Å². The van der Waals surface area contributed by atoms with Crippen LogP contribution in [0.5, 0.6) is 5.75 Å². The van der Waals surface area contributed by atoms with Crippen molar-refractivity contribution in [2.45, 2.75) is 44.5 Å². The lowest BCUT2D eigenvalue weighted by atomic mass is 10.0. The average molecular weight is 306 g/mol. The van der Waals surface area contributed by atoms with Gasteiger partial charge in [0.05, 0.1) is 0 Å². The highest BCUT2D eigenvalue weighted by atomic mass is 16.7. The van der Waals surface area contributed by atoms with E-state index in [1.807, 2.05) is 18.3 Å². The molecule has 0 saturated carbocycles. The first-order valence-electron chi connectivity index (χ1n) is 7.16. The normalized spacial score (nSPS) is 30.0. The Morgan fingerprint density at radius 1 is 1.45 bits per heavy atom. The molecule has 2 aliphatic rings. The third-order valence-corrected chi connectivity index (χ3v) is 3.69. The van der Waals surface area contributed by atoms with Crippen LogP contribution in [0.1, 0.15) is 18.9 Å². The van der Waals surface area contributed by atoms with Gasteiger partial charge in [0.2, 0.25) is 12.2 Å². The Kier molecular flexibility index (Phi) is 4.10. The molecule has 4 atom stereocenters. The number of nitrogens with one attached hydrogen (secondary N) is 1. The van der Waals surface area contributed by atoms with Crippen molar-refractivity contribution in [3.8, 4) is 5.75 Å². The number of aliphatic hydroxyl groups is 2. The van der Waals surface area contributed by atoms with Crippen LogP contribution in [0.25, 0.3) is 0 Å². The molecule has 2 aliphatic heterocycles. The lowest BCUT2D eigenvalue weighted by Crippen LogP contribution is -2.48. The second kappa shape index (κ2) is 6.04. The number of hydrogen-bond acceptors (Lipinski definition) is 6. The van der Waals surface area contributed by atoms with Gasteiger partial charge in [-0.05, 0) is 24.5 Å². The Morgan fingerprint density at radius 3 is 3.05 bits per heavy atom. The third-order valence-electron chi connectivity index (χ3n) is 3.69. The molecule has 7 heteroatoms. The molecule has 0 aliphatic carbocycles. The molecule has 118 valence electrons. The van der Waals surface area contributed by atoms with Crippen molar-refractivity contribution in [1.29, 1.82) is 0 Å². The van der Waals surface area contributed by atoms with Crippen LogP contribution in [0, 0.1) is 0 Å². The molecule has 0 radical (unpaired) electrons. The smallest absolute Gasteiger partial charge is 0.225 e. The summed E-state index contributed by atoms with van der Waals surface area (Å²) in [4.78, 5) is 15.6. The summed E-state index contributed by atoms with van der Waals surface area (Å²) in [7, 11) is 0. The van der Waals surface area contributed by atoms with Gasteiger partial charge in [0.15, 0.2) is 6.29 Å². The summed E-state index contributed by atoms with van der Waals surface area (Å²) in [6, 6.07) is 4.72. The van der Waals surface area contributed by atoms with Crippen LogP contribution in [-0.2, 0) is 16.0 Å². The van der Waals surface area contributed by atoms with Crippen LogP contribution < -0.4 is 10.1 Å².